The van der Waals surface area contributed by atoms with Crippen molar-refractivity contribution in [2.45, 2.75) is 6.61 Å². The van der Waals surface area contributed by atoms with Crippen LogP contribution in [0.1, 0.15) is 5.56 Å². The first-order valence-corrected chi connectivity index (χ1v) is 9.49. The van der Waals surface area contributed by atoms with Gasteiger partial charge in [0.15, 0.2) is 11.5 Å². The van der Waals surface area contributed by atoms with Gasteiger partial charge in [-0.2, -0.15) is 0 Å². The van der Waals surface area contributed by atoms with Crippen LogP contribution in [0.4, 0.5) is 0 Å². The highest BCUT2D eigenvalue weighted by Crippen LogP contribution is 2.36. The lowest BCUT2D eigenvalue weighted by Gasteiger charge is -2.09. The van der Waals surface area contributed by atoms with E-state index in [2.05, 4.69) is 10.1 Å². The quantitative estimate of drug-likeness (QED) is 0.529. The molecule has 0 bridgehead atoms. The van der Waals surface area contributed by atoms with Crippen LogP contribution in [0, 0.1) is 0 Å². The SMILES string of the molecule is Cn1nc(OCc2ccc3c(c2)OCO3)c2scc(-c3ccncc3)c2c1=O. The summed E-state index contributed by atoms with van der Waals surface area (Å²) in [6, 6.07) is 9.43. The van der Waals surface area contributed by atoms with E-state index in [1.807, 2.05) is 35.7 Å². The molecule has 140 valence electrons. The maximum Gasteiger partial charge on any atom is 0.276 e. The van der Waals surface area contributed by atoms with Crippen molar-refractivity contribution in [2.24, 2.45) is 7.05 Å². The summed E-state index contributed by atoms with van der Waals surface area (Å²) in [6.45, 7) is 0.537. The number of thiophene rings is 1. The van der Waals surface area contributed by atoms with Crippen molar-refractivity contribution >= 4 is 21.4 Å². The first-order valence-electron chi connectivity index (χ1n) is 8.61. The summed E-state index contributed by atoms with van der Waals surface area (Å²) in [7, 11) is 1.63. The molecule has 0 saturated carbocycles. The Labute approximate surface area is 163 Å². The Hall–Kier alpha value is -3.39. The number of benzene rings is 1. The molecule has 0 fully saturated rings. The third-order valence-electron chi connectivity index (χ3n) is 4.54. The van der Waals surface area contributed by atoms with E-state index >= 15 is 0 Å². The zero-order valence-corrected chi connectivity index (χ0v) is 15.7. The van der Waals surface area contributed by atoms with Gasteiger partial charge in [0.1, 0.15) is 11.3 Å². The molecule has 28 heavy (non-hydrogen) atoms. The van der Waals surface area contributed by atoms with Crippen molar-refractivity contribution in [3.8, 4) is 28.5 Å². The lowest BCUT2D eigenvalue weighted by molar-refractivity contribution is 0.174. The molecule has 4 aromatic rings. The lowest BCUT2D eigenvalue weighted by atomic mass is 10.1. The maximum absolute atomic E-state index is 12.7. The second-order valence-electron chi connectivity index (χ2n) is 6.30. The summed E-state index contributed by atoms with van der Waals surface area (Å²) in [6.07, 6.45) is 3.42. The van der Waals surface area contributed by atoms with Gasteiger partial charge in [0.2, 0.25) is 12.7 Å². The molecule has 0 amide bonds. The van der Waals surface area contributed by atoms with Gasteiger partial charge in [0.25, 0.3) is 5.56 Å². The van der Waals surface area contributed by atoms with E-state index in [-0.39, 0.29) is 12.4 Å². The summed E-state index contributed by atoms with van der Waals surface area (Å²) in [4.78, 5) is 16.8. The van der Waals surface area contributed by atoms with Crippen LogP contribution >= 0.6 is 11.3 Å². The molecule has 0 unspecified atom stereocenters. The molecular weight excluding hydrogens is 378 g/mol. The molecule has 1 aliphatic rings. The number of hydrogen-bond donors (Lipinski definition) is 0. The monoisotopic (exact) mass is 393 g/mol. The van der Waals surface area contributed by atoms with Gasteiger partial charge in [0.05, 0.1) is 5.39 Å². The topological polar surface area (TPSA) is 75.5 Å². The number of aryl methyl sites for hydroxylation is 1. The first-order chi connectivity index (χ1) is 13.7. The maximum atomic E-state index is 12.7. The highest BCUT2D eigenvalue weighted by Gasteiger charge is 2.18. The minimum Gasteiger partial charge on any atom is -0.471 e. The van der Waals surface area contributed by atoms with Gasteiger partial charge in [0, 0.05) is 30.4 Å². The minimum atomic E-state index is -0.154. The van der Waals surface area contributed by atoms with Crippen LogP contribution in [-0.4, -0.2) is 21.6 Å². The van der Waals surface area contributed by atoms with Crippen LogP contribution in [0.2, 0.25) is 0 Å². The molecule has 1 aliphatic heterocycles. The Balaban J connectivity index is 1.52. The molecule has 0 atom stereocenters. The zero-order valence-electron chi connectivity index (χ0n) is 14.9. The molecule has 0 spiro atoms. The summed E-state index contributed by atoms with van der Waals surface area (Å²) in [5.74, 6) is 1.86. The van der Waals surface area contributed by atoms with Crippen LogP contribution in [0.15, 0.2) is 52.9 Å². The fourth-order valence-corrected chi connectivity index (χ4v) is 4.14. The van der Waals surface area contributed by atoms with Crippen molar-refractivity contribution in [3.05, 3.63) is 64.0 Å². The van der Waals surface area contributed by atoms with E-state index < -0.39 is 0 Å². The molecule has 0 aliphatic carbocycles. The number of aromatic nitrogens is 3. The summed E-state index contributed by atoms with van der Waals surface area (Å²) >= 11 is 1.45. The van der Waals surface area contributed by atoms with Crippen LogP contribution in [-0.2, 0) is 13.7 Å². The minimum absolute atomic E-state index is 0.154. The molecule has 3 aromatic heterocycles. The number of ether oxygens (including phenoxy) is 3. The lowest BCUT2D eigenvalue weighted by Crippen LogP contribution is -2.20. The number of fused-ring (bicyclic) bond motifs is 2. The Morgan fingerprint density at radius 3 is 2.86 bits per heavy atom. The first kappa shape index (κ1) is 16.8. The van der Waals surface area contributed by atoms with Crippen molar-refractivity contribution in [3.63, 3.8) is 0 Å². The highest BCUT2D eigenvalue weighted by atomic mass is 32.1. The molecule has 0 saturated heterocycles. The van der Waals surface area contributed by atoms with E-state index in [0.717, 1.165) is 27.1 Å². The van der Waals surface area contributed by atoms with E-state index in [9.17, 15) is 4.79 Å². The van der Waals surface area contributed by atoms with E-state index in [1.165, 1.54) is 16.0 Å². The summed E-state index contributed by atoms with van der Waals surface area (Å²) in [5.41, 5.74) is 2.57. The number of pyridine rings is 1. The molecular formula is C20H15N3O4S. The van der Waals surface area contributed by atoms with E-state index in [1.54, 1.807) is 19.4 Å². The van der Waals surface area contributed by atoms with Crippen molar-refractivity contribution in [2.75, 3.05) is 6.79 Å². The Kier molecular flexibility index (Phi) is 3.98. The second kappa shape index (κ2) is 6.65. The van der Waals surface area contributed by atoms with Crippen LogP contribution in [0.3, 0.4) is 0 Å². The van der Waals surface area contributed by atoms with Gasteiger partial charge >= 0.3 is 0 Å². The Bertz CT molecular complexity index is 1230. The number of hydrogen-bond acceptors (Lipinski definition) is 7. The highest BCUT2D eigenvalue weighted by molar-refractivity contribution is 7.18. The van der Waals surface area contributed by atoms with Gasteiger partial charge in [-0.25, -0.2) is 4.68 Å². The fourth-order valence-electron chi connectivity index (χ4n) is 3.14. The molecule has 7 nitrogen and oxygen atoms in total. The molecule has 1 aromatic carbocycles. The second-order valence-corrected chi connectivity index (χ2v) is 7.18. The third kappa shape index (κ3) is 2.78. The smallest absolute Gasteiger partial charge is 0.276 e. The van der Waals surface area contributed by atoms with Gasteiger partial charge < -0.3 is 14.2 Å². The van der Waals surface area contributed by atoms with Crippen LogP contribution < -0.4 is 19.8 Å². The molecule has 0 radical (unpaired) electrons. The fraction of sp³-hybridized carbons (Fsp3) is 0.150. The zero-order chi connectivity index (χ0) is 19.1. The molecule has 8 heteroatoms. The van der Waals surface area contributed by atoms with Crippen molar-refractivity contribution < 1.29 is 14.2 Å². The third-order valence-corrected chi connectivity index (χ3v) is 5.51. The average molecular weight is 393 g/mol. The van der Waals surface area contributed by atoms with Crippen LogP contribution in [0.5, 0.6) is 17.4 Å². The van der Waals surface area contributed by atoms with Gasteiger partial charge in [-0.3, -0.25) is 9.78 Å². The van der Waals surface area contributed by atoms with Crippen molar-refractivity contribution in [1.82, 2.24) is 14.8 Å². The van der Waals surface area contributed by atoms with Gasteiger partial charge in [-0.15, -0.1) is 16.4 Å². The largest absolute Gasteiger partial charge is 0.471 e. The van der Waals surface area contributed by atoms with Crippen molar-refractivity contribution in [1.29, 1.82) is 0 Å². The van der Waals surface area contributed by atoms with Crippen LogP contribution in [0.25, 0.3) is 21.2 Å². The van der Waals surface area contributed by atoms with E-state index in [0.29, 0.717) is 23.6 Å². The molecule has 5 rings (SSSR count). The van der Waals surface area contributed by atoms with E-state index in [4.69, 9.17) is 14.2 Å². The molecule has 4 heterocycles. The van der Waals surface area contributed by atoms with Gasteiger partial charge in [-0.05, 0) is 35.4 Å². The predicted molar refractivity (Wildman–Crippen MR) is 105 cm³/mol. The number of nitrogens with zero attached hydrogens (tertiary/aromatic N) is 3. The summed E-state index contributed by atoms with van der Waals surface area (Å²) in [5, 5.41) is 6.88. The summed E-state index contributed by atoms with van der Waals surface area (Å²) < 4.78 is 18.8. The normalized spacial score (nSPS) is 12.5. The number of rotatable bonds is 4. The Morgan fingerprint density at radius 2 is 2.00 bits per heavy atom. The average Bonchev–Trinajstić information content (AvgIpc) is 3.37. The Morgan fingerprint density at radius 1 is 1.18 bits per heavy atom. The van der Waals surface area contributed by atoms with Gasteiger partial charge in [-0.1, -0.05) is 6.07 Å². The predicted octanol–water partition coefficient (Wildman–Crippen LogP) is 3.36. The molecule has 0 N–H and O–H groups in total. The standard InChI is InChI=1S/C20H15N3O4S/c1-23-20(24)17-14(13-4-6-21-7-5-13)10-28-18(17)19(22-23)25-9-12-2-3-15-16(8-12)27-11-26-15/h2-8,10H,9,11H2,1H3.